The van der Waals surface area contributed by atoms with Crippen LogP contribution in [0, 0.1) is 11.8 Å². The Morgan fingerprint density at radius 1 is 1.62 bits per heavy atom. The van der Waals surface area contributed by atoms with Gasteiger partial charge in [-0.1, -0.05) is 13.8 Å². The van der Waals surface area contributed by atoms with Gasteiger partial charge in [0, 0.05) is 12.3 Å². The fourth-order valence-corrected chi connectivity index (χ4v) is 1.13. The molecule has 0 bridgehead atoms. The molecular formula is C7H12O. The molecule has 1 saturated carbocycles. The van der Waals surface area contributed by atoms with Crippen LogP contribution >= 0.6 is 0 Å². The Hall–Kier alpha value is -0.330. The summed E-state index contributed by atoms with van der Waals surface area (Å²) in [6.45, 7) is 4.23. The lowest BCUT2D eigenvalue weighted by molar-refractivity contribution is -0.130. The Kier molecular flexibility index (Phi) is 1.37. The highest BCUT2D eigenvalue weighted by atomic mass is 16.1. The molecular weight excluding hydrogens is 100 g/mol. The zero-order valence-electron chi connectivity index (χ0n) is 5.48. The van der Waals surface area contributed by atoms with E-state index >= 15 is 0 Å². The molecule has 1 atom stereocenters. The topological polar surface area (TPSA) is 17.1 Å². The molecule has 0 radical (unpaired) electrons. The van der Waals surface area contributed by atoms with Crippen molar-refractivity contribution >= 4 is 5.78 Å². The minimum Gasteiger partial charge on any atom is -0.299 e. The van der Waals surface area contributed by atoms with Crippen molar-refractivity contribution in [3.05, 3.63) is 0 Å². The Labute approximate surface area is 50.1 Å². The van der Waals surface area contributed by atoms with Gasteiger partial charge in [-0.05, 0) is 12.3 Å². The summed E-state index contributed by atoms with van der Waals surface area (Å²) >= 11 is 0. The van der Waals surface area contributed by atoms with Crippen LogP contribution in [-0.2, 0) is 4.79 Å². The fourth-order valence-electron chi connectivity index (χ4n) is 1.13. The van der Waals surface area contributed by atoms with Crippen molar-refractivity contribution in [3.63, 3.8) is 0 Å². The van der Waals surface area contributed by atoms with E-state index < -0.39 is 0 Å². The van der Waals surface area contributed by atoms with Crippen LogP contribution in [-0.4, -0.2) is 5.78 Å². The van der Waals surface area contributed by atoms with Crippen LogP contribution in [0.25, 0.3) is 0 Å². The van der Waals surface area contributed by atoms with E-state index in [0.717, 1.165) is 12.8 Å². The lowest BCUT2D eigenvalue weighted by Gasteiger charge is -2.26. The van der Waals surface area contributed by atoms with E-state index in [0.29, 0.717) is 17.6 Å². The van der Waals surface area contributed by atoms with Gasteiger partial charge in [-0.25, -0.2) is 0 Å². The Bertz CT molecular complexity index is 105. The number of ketones is 1. The van der Waals surface area contributed by atoms with Gasteiger partial charge in [-0.15, -0.1) is 0 Å². The molecule has 0 N–H and O–H groups in total. The molecule has 0 unspecified atom stereocenters. The summed E-state index contributed by atoms with van der Waals surface area (Å²) in [5, 5.41) is 0. The molecule has 1 aliphatic rings. The molecule has 0 amide bonds. The molecule has 0 aliphatic heterocycles. The van der Waals surface area contributed by atoms with Crippen LogP contribution in [0.2, 0.25) is 0 Å². The van der Waals surface area contributed by atoms with Gasteiger partial charge in [0.1, 0.15) is 5.78 Å². The Morgan fingerprint density at radius 3 is 2.25 bits per heavy atom. The second-order valence-corrected chi connectivity index (χ2v) is 2.86. The molecule has 0 aromatic carbocycles. The predicted octanol–water partition coefficient (Wildman–Crippen LogP) is 1.62. The van der Waals surface area contributed by atoms with Gasteiger partial charge in [0.25, 0.3) is 0 Å². The molecule has 46 valence electrons. The van der Waals surface area contributed by atoms with Gasteiger partial charge < -0.3 is 0 Å². The van der Waals surface area contributed by atoms with E-state index in [-0.39, 0.29) is 0 Å². The number of carbonyl (C=O) groups excluding carboxylic acids is 1. The minimum atomic E-state index is 0.412. The molecule has 1 heteroatoms. The van der Waals surface area contributed by atoms with Gasteiger partial charge in [0.15, 0.2) is 0 Å². The third-order valence-electron chi connectivity index (χ3n) is 1.92. The number of hydrogen-bond donors (Lipinski definition) is 0. The van der Waals surface area contributed by atoms with Crippen LogP contribution < -0.4 is 0 Å². The number of rotatable bonds is 1. The summed E-state index contributed by atoms with van der Waals surface area (Å²) in [6.07, 6.45) is 1.97. The molecule has 0 aromatic heterocycles. The predicted molar refractivity (Wildman–Crippen MR) is 32.6 cm³/mol. The fraction of sp³-hybridized carbons (Fsp3) is 0.857. The normalized spacial score (nSPS) is 28.4. The van der Waals surface area contributed by atoms with E-state index in [1.807, 2.05) is 0 Å². The maximum absolute atomic E-state index is 10.7. The van der Waals surface area contributed by atoms with Crippen LogP contribution in [0.3, 0.4) is 0 Å². The maximum atomic E-state index is 10.7. The maximum Gasteiger partial charge on any atom is 0.136 e. The summed E-state index contributed by atoms with van der Waals surface area (Å²) in [5.41, 5.74) is 0. The first-order valence-corrected chi connectivity index (χ1v) is 3.24. The third kappa shape index (κ3) is 0.770. The number of carbonyl (C=O) groups is 1. The van der Waals surface area contributed by atoms with Crippen molar-refractivity contribution in [1.82, 2.24) is 0 Å². The molecule has 0 heterocycles. The van der Waals surface area contributed by atoms with Crippen LogP contribution in [0.1, 0.15) is 26.7 Å². The van der Waals surface area contributed by atoms with E-state index in [9.17, 15) is 4.79 Å². The van der Waals surface area contributed by atoms with Gasteiger partial charge in [-0.3, -0.25) is 4.79 Å². The van der Waals surface area contributed by atoms with Crippen molar-refractivity contribution in [2.75, 3.05) is 0 Å². The van der Waals surface area contributed by atoms with Gasteiger partial charge in [0.2, 0.25) is 0 Å². The smallest absolute Gasteiger partial charge is 0.136 e. The quantitative estimate of drug-likeness (QED) is 0.503. The van der Waals surface area contributed by atoms with Crippen LogP contribution in [0.5, 0.6) is 0 Å². The average Bonchev–Trinajstić information content (AvgIpc) is 1.61. The molecule has 0 saturated heterocycles. The summed E-state index contributed by atoms with van der Waals surface area (Å²) in [5.74, 6) is 1.46. The Balaban J connectivity index is 2.37. The molecule has 1 aliphatic carbocycles. The van der Waals surface area contributed by atoms with Crippen molar-refractivity contribution in [2.24, 2.45) is 11.8 Å². The molecule has 1 rings (SSSR count). The first-order chi connectivity index (χ1) is 3.72. The SMILES string of the molecule is CC(C)[C@H]1CCC1=O. The van der Waals surface area contributed by atoms with Gasteiger partial charge in [0.05, 0.1) is 0 Å². The monoisotopic (exact) mass is 112 g/mol. The summed E-state index contributed by atoms with van der Waals surface area (Å²) in [4.78, 5) is 10.7. The third-order valence-corrected chi connectivity index (χ3v) is 1.92. The standard InChI is InChI=1S/C7H12O/c1-5(2)6-3-4-7(6)8/h5-6H,3-4H2,1-2H3/t6-/m1/s1. The van der Waals surface area contributed by atoms with Gasteiger partial charge in [-0.2, -0.15) is 0 Å². The first kappa shape index (κ1) is 5.80. The highest BCUT2D eigenvalue weighted by Gasteiger charge is 2.29. The van der Waals surface area contributed by atoms with Crippen molar-refractivity contribution in [1.29, 1.82) is 0 Å². The van der Waals surface area contributed by atoms with Crippen LogP contribution in [0.4, 0.5) is 0 Å². The second kappa shape index (κ2) is 1.88. The number of hydrogen-bond acceptors (Lipinski definition) is 1. The first-order valence-electron chi connectivity index (χ1n) is 3.24. The summed E-state index contributed by atoms with van der Waals surface area (Å²) < 4.78 is 0. The molecule has 0 aromatic rings. The highest BCUT2D eigenvalue weighted by molar-refractivity contribution is 5.86. The largest absolute Gasteiger partial charge is 0.299 e. The second-order valence-electron chi connectivity index (χ2n) is 2.86. The summed E-state index contributed by atoms with van der Waals surface area (Å²) in [6, 6.07) is 0. The number of Topliss-reactive ketones (excluding diaryl/α,β-unsaturated/α-hetero) is 1. The van der Waals surface area contributed by atoms with Gasteiger partial charge >= 0.3 is 0 Å². The highest BCUT2D eigenvalue weighted by Crippen LogP contribution is 2.28. The van der Waals surface area contributed by atoms with E-state index in [4.69, 9.17) is 0 Å². The lowest BCUT2D eigenvalue weighted by atomic mass is 9.76. The molecule has 1 nitrogen and oxygen atoms in total. The van der Waals surface area contributed by atoms with Crippen molar-refractivity contribution in [2.45, 2.75) is 26.7 Å². The van der Waals surface area contributed by atoms with Crippen molar-refractivity contribution in [3.8, 4) is 0 Å². The van der Waals surface area contributed by atoms with Crippen molar-refractivity contribution < 1.29 is 4.79 Å². The minimum absolute atomic E-state index is 0.412. The van der Waals surface area contributed by atoms with E-state index in [1.165, 1.54) is 0 Å². The molecule has 1 fully saturated rings. The lowest BCUT2D eigenvalue weighted by Crippen LogP contribution is -2.29. The van der Waals surface area contributed by atoms with E-state index in [1.54, 1.807) is 0 Å². The summed E-state index contributed by atoms with van der Waals surface area (Å²) in [7, 11) is 0. The average molecular weight is 112 g/mol. The molecule has 0 spiro atoms. The zero-order valence-corrected chi connectivity index (χ0v) is 5.48. The Morgan fingerprint density at radius 2 is 2.25 bits per heavy atom. The zero-order chi connectivity index (χ0) is 6.15. The molecule has 8 heavy (non-hydrogen) atoms. The van der Waals surface area contributed by atoms with E-state index in [2.05, 4.69) is 13.8 Å². The van der Waals surface area contributed by atoms with Crippen LogP contribution in [0.15, 0.2) is 0 Å².